The molecule has 2 aliphatic carbocycles. The number of hydrogen-bond acceptors (Lipinski definition) is 3. The smallest absolute Gasteiger partial charge is 0.227 e. The molecule has 0 radical (unpaired) electrons. The van der Waals surface area contributed by atoms with Gasteiger partial charge in [-0.3, -0.25) is 4.79 Å². The molecule has 0 heterocycles. The van der Waals surface area contributed by atoms with Gasteiger partial charge in [0.05, 0.1) is 12.3 Å². The van der Waals surface area contributed by atoms with Gasteiger partial charge in [0.1, 0.15) is 11.6 Å². The maximum absolute atomic E-state index is 13.4. The van der Waals surface area contributed by atoms with Crippen molar-refractivity contribution in [1.29, 1.82) is 0 Å². The van der Waals surface area contributed by atoms with Crippen LogP contribution in [0.1, 0.15) is 32.1 Å². The number of nitrogens with two attached hydrogens (primary N) is 1. The Balaban J connectivity index is 1.68. The van der Waals surface area contributed by atoms with Crippen molar-refractivity contribution in [3.8, 4) is 5.75 Å². The zero-order valence-corrected chi connectivity index (χ0v) is 12.7. The predicted molar refractivity (Wildman–Crippen MR) is 83.1 cm³/mol. The molecule has 1 aromatic rings. The summed E-state index contributed by atoms with van der Waals surface area (Å²) < 4.78 is 19.1. The van der Waals surface area contributed by atoms with E-state index in [1.807, 2.05) is 0 Å². The van der Waals surface area contributed by atoms with E-state index in [-0.39, 0.29) is 23.6 Å². The third kappa shape index (κ3) is 3.58. The molecule has 22 heavy (non-hydrogen) atoms. The van der Waals surface area contributed by atoms with E-state index in [9.17, 15) is 9.18 Å². The fraction of sp³-hybridized carbons (Fsp3) is 0.588. The number of carbonyl (C=O) groups is 1. The lowest BCUT2D eigenvalue weighted by atomic mass is 9.95. The second kappa shape index (κ2) is 6.65. The van der Waals surface area contributed by atoms with E-state index in [1.54, 1.807) is 6.07 Å². The summed E-state index contributed by atoms with van der Waals surface area (Å²) in [5.74, 6) is 0.800. The van der Waals surface area contributed by atoms with Crippen LogP contribution in [0, 0.1) is 23.6 Å². The van der Waals surface area contributed by atoms with E-state index >= 15 is 0 Å². The number of amides is 1. The lowest BCUT2D eigenvalue weighted by Gasteiger charge is -2.19. The van der Waals surface area contributed by atoms with Crippen molar-refractivity contribution in [3.63, 3.8) is 0 Å². The number of benzene rings is 1. The van der Waals surface area contributed by atoms with Crippen LogP contribution in [0.5, 0.6) is 5.75 Å². The fourth-order valence-corrected chi connectivity index (χ4v) is 3.10. The standard InChI is InChI=1S/C17H23FN2O2/c18-13-6-7-15(16(8-13)22-10-11-4-5-11)20-17(21)14-3-1-2-12(14)9-19/h6-8,11-12,14H,1-5,9-10,19H2,(H,20,21)/t12-,14-/m1/s1. The van der Waals surface area contributed by atoms with Crippen LogP contribution in [0.2, 0.25) is 0 Å². The van der Waals surface area contributed by atoms with Crippen LogP contribution >= 0.6 is 0 Å². The fourth-order valence-electron chi connectivity index (χ4n) is 3.10. The Morgan fingerprint density at radius 3 is 2.86 bits per heavy atom. The third-order valence-corrected chi connectivity index (χ3v) is 4.67. The van der Waals surface area contributed by atoms with Crippen LogP contribution < -0.4 is 15.8 Å². The van der Waals surface area contributed by atoms with Gasteiger partial charge in [-0.1, -0.05) is 6.42 Å². The SMILES string of the molecule is NC[C@H]1CCC[C@H]1C(=O)Nc1ccc(F)cc1OCC1CC1. The van der Waals surface area contributed by atoms with Gasteiger partial charge in [-0.05, 0) is 56.2 Å². The first-order chi connectivity index (χ1) is 10.7. The van der Waals surface area contributed by atoms with Crippen molar-refractivity contribution in [2.75, 3.05) is 18.5 Å². The monoisotopic (exact) mass is 306 g/mol. The molecule has 1 aromatic carbocycles. The molecule has 0 aromatic heterocycles. The second-order valence-corrected chi connectivity index (χ2v) is 6.42. The quantitative estimate of drug-likeness (QED) is 0.849. The Labute approximate surface area is 130 Å². The summed E-state index contributed by atoms with van der Waals surface area (Å²) in [6.45, 7) is 1.12. The summed E-state index contributed by atoms with van der Waals surface area (Å²) in [5.41, 5.74) is 6.29. The van der Waals surface area contributed by atoms with Crippen LogP contribution in [0.25, 0.3) is 0 Å². The van der Waals surface area contributed by atoms with E-state index < -0.39 is 0 Å². The van der Waals surface area contributed by atoms with Crippen molar-refractivity contribution in [3.05, 3.63) is 24.0 Å². The van der Waals surface area contributed by atoms with Crippen molar-refractivity contribution in [2.45, 2.75) is 32.1 Å². The van der Waals surface area contributed by atoms with Gasteiger partial charge >= 0.3 is 0 Å². The minimum Gasteiger partial charge on any atom is -0.491 e. The lowest BCUT2D eigenvalue weighted by molar-refractivity contribution is -0.120. The van der Waals surface area contributed by atoms with Crippen LogP contribution in [0.15, 0.2) is 18.2 Å². The minimum atomic E-state index is -0.357. The number of hydrogen-bond donors (Lipinski definition) is 2. The molecule has 3 N–H and O–H groups in total. The summed E-state index contributed by atoms with van der Waals surface area (Å²) in [6, 6.07) is 4.25. The van der Waals surface area contributed by atoms with Gasteiger partial charge < -0.3 is 15.8 Å². The van der Waals surface area contributed by atoms with E-state index in [4.69, 9.17) is 10.5 Å². The highest BCUT2D eigenvalue weighted by atomic mass is 19.1. The van der Waals surface area contributed by atoms with Crippen molar-refractivity contribution in [2.24, 2.45) is 23.5 Å². The highest BCUT2D eigenvalue weighted by Crippen LogP contribution is 2.35. The molecule has 0 saturated heterocycles. The van der Waals surface area contributed by atoms with E-state index in [0.717, 1.165) is 32.1 Å². The second-order valence-electron chi connectivity index (χ2n) is 6.42. The van der Waals surface area contributed by atoms with Crippen LogP contribution in [-0.2, 0) is 4.79 Å². The van der Waals surface area contributed by atoms with Crippen molar-refractivity contribution >= 4 is 11.6 Å². The Kier molecular flexibility index (Phi) is 4.62. The molecule has 0 aliphatic heterocycles. The topological polar surface area (TPSA) is 64.4 Å². The Hall–Kier alpha value is -1.62. The molecular formula is C17H23FN2O2. The Bertz CT molecular complexity index is 545. The molecule has 0 unspecified atom stereocenters. The van der Waals surface area contributed by atoms with Crippen molar-refractivity contribution < 1.29 is 13.9 Å². The summed E-state index contributed by atoms with van der Waals surface area (Å²) in [7, 11) is 0. The molecule has 5 heteroatoms. The van der Waals surface area contributed by atoms with Crippen LogP contribution in [-0.4, -0.2) is 19.1 Å². The number of halogens is 1. The van der Waals surface area contributed by atoms with E-state index in [2.05, 4.69) is 5.32 Å². The van der Waals surface area contributed by atoms with Gasteiger partial charge in [-0.25, -0.2) is 4.39 Å². The summed E-state index contributed by atoms with van der Waals surface area (Å²) in [4.78, 5) is 12.5. The molecule has 2 saturated carbocycles. The first-order valence-electron chi connectivity index (χ1n) is 8.10. The number of rotatable bonds is 6. The average molecular weight is 306 g/mol. The summed E-state index contributed by atoms with van der Waals surface area (Å²) in [5, 5.41) is 2.90. The molecule has 1 amide bonds. The number of carbonyl (C=O) groups excluding carboxylic acids is 1. The van der Waals surface area contributed by atoms with Crippen LogP contribution in [0.3, 0.4) is 0 Å². The zero-order chi connectivity index (χ0) is 15.5. The first-order valence-corrected chi connectivity index (χ1v) is 8.10. The first kappa shape index (κ1) is 15.3. The number of nitrogens with one attached hydrogen (secondary N) is 1. The maximum Gasteiger partial charge on any atom is 0.227 e. The molecule has 4 nitrogen and oxygen atoms in total. The van der Waals surface area contributed by atoms with Crippen molar-refractivity contribution in [1.82, 2.24) is 0 Å². The molecule has 2 fully saturated rings. The molecule has 3 rings (SSSR count). The largest absolute Gasteiger partial charge is 0.491 e. The lowest BCUT2D eigenvalue weighted by Crippen LogP contribution is -2.29. The molecular weight excluding hydrogens is 283 g/mol. The average Bonchev–Trinajstić information content (AvgIpc) is 3.21. The maximum atomic E-state index is 13.4. The third-order valence-electron chi connectivity index (χ3n) is 4.67. The summed E-state index contributed by atoms with van der Waals surface area (Å²) in [6.07, 6.45) is 5.24. The number of ether oxygens (including phenoxy) is 1. The predicted octanol–water partition coefficient (Wildman–Crippen LogP) is 2.93. The van der Waals surface area contributed by atoms with E-state index in [0.29, 0.717) is 30.5 Å². The van der Waals surface area contributed by atoms with Gasteiger partial charge in [-0.2, -0.15) is 0 Å². The molecule has 0 spiro atoms. The summed E-state index contributed by atoms with van der Waals surface area (Å²) >= 11 is 0. The zero-order valence-electron chi connectivity index (χ0n) is 12.7. The molecule has 2 atom stereocenters. The van der Waals surface area contributed by atoms with E-state index in [1.165, 1.54) is 12.1 Å². The minimum absolute atomic E-state index is 0.0316. The molecule has 0 bridgehead atoms. The molecule has 120 valence electrons. The van der Waals surface area contributed by atoms with Gasteiger partial charge in [0, 0.05) is 12.0 Å². The Morgan fingerprint density at radius 1 is 1.32 bits per heavy atom. The highest BCUT2D eigenvalue weighted by molar-refractivity contribution is 5.94. The van der Waals surface area contributed by atoms with Gasteiger partial charge in [-0.15, -0.1) is 0 Å². The highest BCUT2D eigenvalue weighted by Gasteiger charge is 2.32. The van der Waals surface area contributed by atoms with Gasteiger partial charge in [0.25, 0.3) is 0 Å². The number of anilines is 1. The van der Waals surface area contributed by atoms with Gasteiger partial charge in [0.15, 0.2) is 0 Å². The van der Waals surface area contributed by atoms with Gasteiger partial charge in [0.2, 0.25) is 5.91 Å². The van der Waals surface area contributed by atoms with Crippen LogP contribution in [0.4, 0.5) is 10.1 Å². The normalized spacial score (nSPS) is 24.3. The Morgan fingerprint density at radius 2 is 2.14 bits per heavy atom. The molecule has 2 aliphatic rings.